The van der Waals surface area contributed by atoms with Crippen LogP contribution >= 0.6 is 0 Å². The number of hydrogen-bond donors (Lipinski definition) is 1. The SMILES string of the molecule is COc1ccc([C@@H](C)NC(=O)c2ccc(OC)c(S(=O)(=O)N(C)Cc3ccccc3)c2)cc1F. The van der Waals surface area contributed by atoms with E-state index in [1.165, 1.54) is 55.9 Å². The van der Waals surface area contributed by atoms with E-state index in [9.17, 15) is 17.6 Å². The topological polar surface area (TPSA) is 84.9 Å². The van der Waals surface area contributed by atoms with Crippen LogP contribution in [0, 0.1) is 5.82 Å². The summed E-state index contributed by atoms with van der Waals surface area (Å²) in [5, 5.41) is 2.77. The van der Waals surface area contributed by atoms with Gasteiger partial charge in [-0.15, -0.1) is 0 Å². The van der Waals surface area contributed by atoms with Gasteiger partial charge in [0.05, 0.1) is 20.3 Å². The lowest BCUT2D eigenvalue weighted by Crippen LogP contribution is -2.29. The minimum atomic E-state index is -3.97. The van der Waals surface area contributed by atoms with E-state index >= 15 is 0 Å². The van der Waals surface area contributed by atoms with E-state index in [4.69, 9.17) is 9.47 Å². The van der Waals surface area contributed by atoms with Crippen LogP contribution in [0.2, 0.25) is 0 Å². The summed E-state index contributed by atoms with van der Waals surface area (Å²) in [6.45, 7) is 1.86. The van der Waals surface area contributed by atoms with Gasteiger partial charge in [0, 0.05) is 19.2 Å². The molecule has 3 aromatic carbocycles. The molecule has 1 N–H and O–H groups in total. The van der Waals surface area contributed by atoms with Crippen LogP contribution < -0.4 is 14.8 Å². The van der Waals surface area contributed by atoms with Crippen molar-refractivity contribution >= 4 is 15.9 Å². The number of rotatable bonds is 9. The third-order valence-corrected chi connectivity index (χ3v) is 7.21. The third kappa shape index (κ3) is 5.55. The Kier molecular flexibility index (Phi) is 7.90. The Balaban J connectivity index is 1.85. The number of nitrogens with one attached hydrogen (secondary N) is 1. The van der Waals surface area contributed by atoms with Crippen molar-refractivity contribution in [2.75, 3.05) is 21.3 Å². The Morgan fingerprint density at radius 3 is 2.26 bits per heavy atom. The molecule has 34 heavy (non-hydrogen) atoms. The second kappa shape index (κ2) is 10.7. The number of carbonyl (C=O) groups excluding carboxylic acids is 1. The summed E-state index contributed by atoms with van der Waals surface area (Å²) in [4.78, 5) is 12.8. The minimum Gasteiger partial charge on any atom is -0.495 e. The number of halogens is 1. The second-order valence-electron chi connectivity index (χ2n) is 7.70. The van der Waals surface area contributed by atoms with E-state index in [1.54, 1.807) is 13.0 Å². The summed E-state index contributed by atoms with van der Waals surface area (Å²) in [6, 6.07) is 17.3. The van der Waals surface area contributed by atoms with Gasteiger partial charge in [0.2, 0.25) is 10.0 Å². The van der Waals surface area contributed by atoms with Gasteiger partial charge in [-0.1, -0.05) is 36.4 Å². The molecule has 0 fully saturated rings. The lowest BCUT2D eigenvalue weighted by atomic mass is 10.1. The van der Waals surface area contributed by atoms with Crippen LogP contribution in [0.4, 0.5) is 4.39 Å². The van der Waals surface area contributed by atoms with Gasteiger partial charge in [0.15, 0.2) is 11.6 Å². The van der Waals surface area contributed by atoms with Crippen LogP contribution in [-0.2, 0) is 16.6 Å². The molecule has 0 spiro atoms. The lowest BCUT2D eigenvalue weighted by molar-refractivity contribution is 0.0939. The van der Waals surface area contributed by atoms with Crippen molar-refractivity contribution in [2.45, 2.75) is 24.4 Å². The summed E-state index contributed by atoms with van der Waals surface area (Å²) in [6.07, 6.45) is 0. The molecule has 9 heteroatoms. The number of hydrogen-bond acceptors (Lipinski definition) is 5. The predicted molar refractivity (Wildman–Crippen MR) is 127 cm³/mol. The second-order valence-corrected chi connectivity index (χ2v) is 9.71. The average Bonchev–Trinajstić information content (AvgIpc) is 2.84. The zero-order valence-corrected chi connectivity index (χ0v) is 20.2. The minimum absolute atomic E-state index is 0.104. The number of benzene rings is 3. The fourth-order valence-corrected chi connectivity index (χ4v) is 4.76. The Morgan fingerprint density at radius 2 is 1.65 bits per heavy atom. The first kappa shape index (κ1) is 25.2. The maximum absolute atomic E-state index is 14.0. The molecule has 3 rings (SSSR count). The summed E-state index contributed by atoms with van der Waals surface area (Å²) in [7, 11) is 0.240. The maximum atomic E-state index is 14.0. The molecule has 0 aromatic heterocycles. The van der Waals surface area contributed by atoms with E-state index in [1.807, 2.05) is 30.3 Å². The van der Waals surface area contributed by atoms with Gasteiger partial charge in [0.25, 0.3) is 5.91 Å². The van der Waals surface area contributed by atoms with Crippen LogP contribution in [0.5, 0.6) is 11.5 Å². The van der Waals surface area contributed by atoms with Crippen molar-refractivity contribution in [2.24, 2.45) is 0 Å². The van der Waals surface area contributed by atoms with Gasteiger partial charge in [-0.25, -0.2) is 12.8 Å². The predicted octanol–water partition coefficient (Wildman–Crippen LogP) is 4.15. The van der Waals surface area contributed by atoms with E-state index < -0.39 is 27.8 Å². The Bertz CT molecular complexity index is 1270. The van der Waals surface area contributed by atoms with Crippen molar-refractivity contribution in [1.82, 2.24) is 9.62 Å². The first-order valence-corrected chi connectivity index (χ1v) is 11.9. The molecule has 3 aromatic rings. The molecule has 180 valence electrons. The highest BCUT2D eigenvalue weighted by molar-refractivity contribution is 7.89. The number of sulfonamides is 1. The molecule has 0 heterocycles. The van der Waals surface area contributed by atoms with E-state index in [-0.39, 0.29) is 28.5 Å². The molecular weight excluding hydrogens is 459 g/mol. The Labute approximate surface area is 199 Å². The molecule has 0 aliphatic carbocycles. The third-order valence-electron chi connectivity index (χ3n) is 5.39. The molecule has 0 aliphatic rings. The fraction of sp³-hybridized carbons (Fsp3) is 0.240. The molecule has 0 unspecified atom stereocenters. The zero-order valence-electron chi connectivity index (χ0n) is 19.4. The summed E-state index contributed by atoms with van der Waals surface area (Å²) < 4.78 is 52.0. The molecule has 1 atom stereocenters. The van der Waals surface area contributed by atoms with Gasteiger partial charge in [-0.05, 0) is 48.4 Å². The molecule has 1 amide bonds. The highest BCUT2D eigenvalue weighted by Gasteiger charge is 2.27. The summed E-state index contributed by atoms with van der Waals surface area (Å²) in [5.41, 5.74) is 1.49. The maximum Gasteiger partial charge on any atom is 0.251 e. The fourth-order valence-electron chi connectivity index (χ4n) is 3.43. The van der Waals surface area contributed by atoms with Crippen molar-refractivity contribution in [3.63, 3.8) is 0 Å². The number of nitrogens with zero attached hydrogens (tertiary/aromatic N) is 1. The molecule has 0 saturated heterocycles. The standard InChI is InChI=1S/C25H27FN2O5S/c1-17(19-10-12-22(32-3)21(26)14-19)27-25(29)20-11-13-23(33-4)24(15-20)34(30,31)28(2)16-18-8-6-5-7-9-18/h5-15,17H,16H2,1-4H3,(H,27,29)/t17-/m1/s1. The van der Waals surface area contributed by atoms with Crippen molar-refractivity contribution < 1.29 is 27.1 Å². The van der Waals surface area contributed by atoms with Gasteiger partial charge in [-0.3, -0.25) is 4.79 Å². The normalized spacial score (nSPS) is 12.3. The van der Waals surface area contributed by atoms with Gasteiger partial charge < -0.3 is 14.8 Å². The van der Waals surface area contributed by atoms with E-state index in [0.717, 1.165) is 5.56 Å². The molecule has 0 radical (unpaired) electrons. The average molecular weight is 487 g/mol. The van der Waals surface area contributed by atoms with Crippen LogP contribution in [0.3, 0.4) is 0 Å². The van der Waals surface area contributed by atoms with Crippen LogP contribution in [0.1, 0.15) is 34.5 Å². The molecule has 7 nitrogen and oxygen atoms in total. The lowest BCUT2D eigenvalue weighted by Gasteiger charge is -2.20. The highest BCUT2D eigenvalue weighted by Crippen LogP contribution is 2.29. The van der Waals surface area contributed by atoms with E-state index in [0.29, 0.717) is 5.56 Å². The van der Waals surface area contributed by atoms with Crippen molar-refractivity contribution in [3.05, 3.63) is 89.2 Å². The van der Waals surface area contributed by atoms with Crippen LogP contribution in [0.25, 0.3) is 0 Å². The summed E-state index contributed by atoms with van der Waals surface area (Å²) >= 11 is 0. The van der Waals surface area contributed by atoms with Crippen molar-refractivity contribution in [1.29, 1.82) is 0 Å². The monoisotopic (exact) mass is 486 g/mol. The van der Waals surface area contributed by atoms with Gasteiger partial charge in [-0.2, -0.15) is 4.31 Å². The van der Waals surface area contributed by atoms with Crippen LogP contribution in [0.15, 0.2) is 71.6 Å². The largest absolute Gasteiger partial charge is 0.495 e. The van der Waals surface area contributed by atoms with Crippen molar-refractivity contribution in [3.8, 4) is 11.5 Å². The first-order chi connectivity index (χ1) is 16.2. The Hall–Kier alpha value is -3.43. The van der Waals surface area contributed by atoms with Gasteiger partial charge in [0.1, 0.15) is 10.6 Å². The quantitative estimate of drug-likeness (QED) is 0.491. The zero-order chi connectivity index (χ0) is 24.9. The smallest absolute Gasteiger partial charge is 0.251 e. The molecular formula is C25H27FN2O5S. The summed E-state index contributed by atoms with van der Waals surface area (Å²) in [5.74, 6) is -0.817. The molecule has 0 bridgehead atoms. The number of carbonyl (C=O) groups is 1. The number of ether oxygens (including phenoxy) is 2. The molecule has 0 saturated carbocycles. The number of amides is 1. The highest BCUT2D eigenvalue weighted by atomic mass is 32.2. The Morgan fingerprint density at radius 1 is 1.00 bits per heavy atom. The molecule has 0 aliphatic heterocycles. The first-order valence-electron chi connectivity index (χ1n) is 10.5. The number of methoxy groups -OCH3 is 2. The van der Waals surface area contributed by atoms with E-state index in [2.05, 4.69) is 5.32 Å². The van der Waals surface area contributed by atoms with Crippen LogP contribution in [-0.4, -0.2) is 39.9 Å². The van der Waals surface area contributed by atoms with Gasteiger partial charge >= 0.3 is 0 Å².